The van der Waals surface area contributed by atoms with Gasteiger partial charge >= 0.3 is 0 Å². The molecule has 1 aromatic heterocycles. The average Bonchev–Trinajstić information content (AvgIpc) is 2.26. The fourth-order valence-corrected chi connectivity index (χ4v) is 1.69. The molecule has 1 aromatic rings. The molecule has 0 aromatic carbocycles. The molecule has 0 atom stereocenters. The summed E-state index contributed by atoms with van der Waals surface area (Å²) in [5.41, 5.74) is -0.241. The molecule has 0 aliphatic rings. The van der Waals surface area contributed by atoms with Crippen LogP contribution >= 0.6 is 0 Å². The van der Waals surface area contributed by atoms with Crippen LogP contribution in [0.5, 0.6) is 5.88 Å². The van der Waals surface area contributed by atoms with Crippen molar-refractivity contribution in [2.45, 2.75) is 26.7 Å². The van der Waals surface area contributed by atoms with Gasteiger partial charge in [-0.15, -0.1) is 0 Å². The van der Waals surface area contributed by atoms with E-state index in [9.17, 15) is 14.7 Å². The molecule has 0 aliphatic carbocycles. The third-order valence-corrected chi connectivity index (χ3v) is 2.35. The van der Waals surface area contributed by atoms with E-state index < -0.39 is 5.56 Å². The van der Waals surface area contributed by atoms with Crippen molar-refractivity contribution in [1.82, 2.24) is 9.88 Å². The predicted octanol–water partition coefficient (Wildman–Crippen LogP) is 1.34. The molecule has 1 amide bonds. The maximum absolute atomic E-state index is 12.1. The SMILES string of the molecule is CCCN(CCC)C(=O)c1cc(O)[nH]c(=O)c1. The molecular weight excluding hydrogens is 220 g/mol. The van der Waals surface area contributed by atoms with Crippen molar-refractivity contribution >= 4 is 5.91 Å². The van der Waals surface area contributed by atoms with Gasteiger partial charge in [0.1, 0.15) is 0 Å². The van der Waals surface area contributed by atoms with Crippen LogP contribution in [-0.2, 0) is 0 Å². The normalized spacial score (nSPS) is 10.2. The van der Waals surface area contributed by atoms with E-state index in [1.807, 2.05) is 13.8 Å². The second kappa shape index (κ2) is 6.08. The van der Waals surface area contributed by atoms with Crippen molar-refractivity contribution in [1.29, 1.82) is 0 Å². The summed E-state index contributed by atoms with van der Waals surface area (Å²) in [6.07, 6.45) is 1.72. The van der Waals surface area contributed by atoms with E-state index in [0.717, 1.165) is 12.8 Å². The number of carbonyl (C=O) groups is 1. The number of nitrogens with one attached hydrogen (secondary N) is 1. The highest BCUT2D eigenvalue weighted by Gasteiger charge is 2.15. The first-order valence-electron chi connectivity index (χ1n) is 5.81. The molecule has 0 radical (unpaired) electrons. The Kier molecular flexibility index (Phi) is 4.75. The molecule has 5 nitrogen and oxygen atoms in total. The van der Waals surface area contributed by atoms with Crippen LogP contribution in [-0.4, -0.2) is 34.0 Å². The maximum atomic E-state index is 12.1. The van der Waals surface area contributed by atoms with Crippen molar-refractivity contribution in [3.8, 4) is 5.88 Å². The largest absolute Gasteiger partial charge is 0.494 e. The number of hydrogen-bond donors (Lipinski definition) is 2. The lowest BCUT2D eigenvalue weighted by molar-refractivity contribution is 0.0755. The van der Waals surface area contributed by atoms with Crippen molar-refractivity contribution in [3.05, 3.63) is 28.0 Å². The highest BCUT2D eigenvalue weighted by molar-refractivity contribution is 5.94. The quantitative estimate of drug-likeness (QED) is 0.813. The number of aromatic amines is 1. The summed E-state index contributed by atoms with van der Waals surface area (Å²) >= 11 is 0. The molecule has 17 heavy (non-hydrogen) atoms. The molecule has 0 saturated carbocycles. The van der Waals surface area contributed by atoms with Gasteiger partial charge < -0.3 is 10.0 Å². The van der Waals surface area contributed by atoms with E-state index in [0.29, 0.717) is 13.1 Å². The van der Waals surface area contributed by atoms with Crippen LogP contribution in [0.25, 0.3) is 0 Å². The van der Waals surface area contributed by atoms with Gasteiger partial charge in [-0.05, 0) is 12.8 Å². The van der Waals surface area contributed by atoms with Crippen LogP contribution in [0.1, 0.15) is 37.0 Å². The Morgan fingerprint density at radius 3 is 2.35 bits per heavy atom. The second-order valence-electron chi connectivity index (χ2n) is 3.91. The number of H-pyrrole nitrogens is 1. The summed E-state index contributed by atoms with van der Waals surface area (Å²) in [6.45, 7) is 5.29. The minimum absolute atomic E-state index is 0.213. The lowest BCUT2D eigenvalue weighted by Crippen LogP contribution is -2.33. The Morgan fingerprint density at radius 2 is 1.88 bits per heavy atom. The molecule has 0 spiro atoms. The Bertz CT molecular complexity index is 434. The standard InChI is InChI=1S/C12H18N2O3/c1-3-5-14(6-4-2)12(17)9-7-10(15)13-11(16)8-9/h7-8H,3-6H2,1-2H3,(H2,13,15,16). The molecule has 0 unspecified atom stereocenters. The molecule has 0 bridgehead atoms. The third kappa shape index (κ3) is 3.62. The number of rotatable bonds is 5. The molecule has 5 heteroatoms. The number of hydrogen-bond acceptors (Lipinski definition) is 3. The van der Waals surface area contributed by atoms with Crippen LogP contribution in [0, 0.1) is 0 Å². The van der Waals surface area contributed by atoms with Gasteiger partial charge in [0, 0.05) is 25.2 Å². The molecule has 0 fully saturated rings. The summed E-state index contributed by atoms with van der Waals surface area (Å²) in [5.74, 6) is -0.496. The van der Waals surface area contributed by atoms with Crippen molar-refractivity contribution < 1.29 is 9.90 Å². The summed E-state index contributed by atoms with van der Waals surface area (Å²) in [5, 5.41) is 9.26. The van der Waals surface area contributed by atoms with Crippen molar-refractivity contribution in [2.75, 3.05) is 13.1 Å². The van der Waals surface area contributed by atoms with Crippen LogP contribution in [0.15, 0.2) is 16.9 Å². The summed E-state index contributed by atoms with van der Waals surface area (Å²) in [7, 11) is 0. The van der Waals surface area contributed by atoms with E-state index >= 15 is 0 Å². The van der Waals surface area contributed by atoms with Gasteiger partial charge in [-0.25, -0.2) is 0 Å². The minimum Gasteiger partial charge on any atom is -0.494 e. The average molecular weight is 238 g/mol. The summed E-state index contributed by atoms with van der Waals surface area (Å²) < 4.78 is 0. The van der Waals surface area contributed by atoms with Crippen LogP contribution in [0.4, 0.5) is 0 Å². The molecule has 94 valence electrons. The number of aromatic hydroxyl groups is 1. The number of pyridine rings is 1. The predicted molar refractivity (Wildman–Crippen MR) is 65.2 cm³/mol. The first kappa shape index (κ1) is 13.3. The highest BCUT2D eigenvalue weighted by Crippen LogP contribution is 2.08. The van der Waals surface area contributed by atoms with Crippen LogP contribution in [0.2, 0.25) is 0 Å². The lowest BCUT2D eigenvalue weighted by atomic mass is 10.2. The van der Waals surface area contributed by atoms with Crippen LogP contribution < -0.4 is 5.56 Å². The second-order valence-corrected chi connectivity index (χ2v) is 3.91. The highest BCUT2D eigenvalue weighted by atomic mass is 16.3. The molecule has 0 saturated heterocycles. The molecule has 1 rings (SSSR count). The van der Waals surface area contributed by atoms with Gasteiger partial charge in [-0.2, -0.15) is 0 Å². The first-order valence-corrected chi connectivity index (χ1v) is 5.81. The van der Waals surface area contributed by atoms with Crippen LogP contribution in [0.3, 0.4) is 0 Å². The number of aromatic nitrogens is 1. The Morgan fingerprint density at radius 1 is 1.29 bits per heavy atom. The maximum Gasteiger partial charge on any atom is 0.254 e. The molecule has 0 aliphatic heterocycles. The fraction of sp³-hybridized carbons (Fsp3) is 0.500. The minimum atomic E-state index is -0.471. The van der Waals surface area contributed by atoms with Gasteiger partial charge in [-0.1, -0.05) is 13.8 Å². The lowest BCUT2D eigenvalue weighted by Gasteiger charge is -2.21. The van der Waals surface area contributed by atoms with E-state index in [4.69, 9.17) is 0 Å². The monoisotopic (exact) mass is 238 g/mol. The van der Waals surface area contributed by atoms with E-state index in [-0.39, 0.29) is 17.4 Å². The zero-order chi connectivity index (χ0) is 12.8. The Balaban J connectivity index is 2.96. The third-order valence-electron chi connectivity index (χ3n) is 2.35. The number of nitrogens with zero attached hydrogens (tertiary/aromatic N) is 1. The van der Waals surface area contributed by atoms with E-state index in [2.05, 4.69) is 4.98 Å². The molecule has 1 heterocycles. The smallest absolute Gasteiger partial charge is 0.254 e. The molecule has 2 N–H and O–H groups in total. The van der Waals surface area contributed by atoms with Crippen molar-refractivity contribution in [3.63, 3.8) is 0 Å². The zero-order valence-electron chi connectivity index (χ0n) is 10.2. The van der Waals surface area contributed by atoms with Gasteiger partial charge in [0.25, 0.3) is 11.5 Å². The topological polar surface area (TPSA) is 73.4 Å². The summed E-state index contributed by atoms with van der Waals surface area (Å²) in [4.78, 5) is 27.1. The van der Waals surface area contributed by atoms with E-state index in [1.54, 1.807) is 4.90 Å². The van der Waals surface area contributed by atoms with E-state index in [1.165, 1.54) is 12.1 Å². The number of amides is 1. The molecular formula is C12H18N2O3. The Labute approximate surface area is 100 Å². The zero-order valence-corrected chi connectivity index (χ0v) is 10.2. The van der Waals surface area contributed by atoms with Crippen molar-refractivity contribution in [2.24, 2.45) is 0 Å². The first-order chi connectivity index (χ1) is 8.08. The number of carbonyl (C=O) groups excluding carboxylic acids is 1. The van der Waals surface area contributed by atoms with Gasteiger partial charge in [0.2, 0.25) is 0 Å². The van der Waals surface area contributed by atoms with Gasteiger partial charge in [-0.3, -0.25) is 14.6 Å². The summed E-state index contributed by atoms with van der Waals surface area (Å²) in [6, 6.07) is 2.49. The van der Waals surface area contributed by atoms with Gasteiger partial charge in [0.05, 0.1) is 5.56 Å². The Hall–Kier alpha value is -1.78. The fourth-order valence-electron chi connectivity index (χ4n) is 1.69. The van der Waals surface area contributed by atoms with Gasteiger partial charge in [0.15, 0.2) is 5.88 Å².